The van der Waals surface area contributed by atoms with Crippen molar-refractivity contribution in [2.75, 3.05) is 13.7 Å². The van der Waals surface area contributed by atoms with Gasteiger partial charge in [-0.2, -0.15) is 0 Å². The van der Waals surface area contributed by atoms with E-state index in [9.17, 15) is 4.79 Å². The van der Waals surface area contributed by atoms with Gasteiger partial charge in [-0.25, -0.2) is 4.79 Å². The molecule has 0 saturated carbocycles. The van der Waals surface area contributed by atoms with Crippen molar-refractivity contribution in [2.24, 2.45) is 0 Å². The lowest BCUT2D eigenvalue weighted by Gasteiger charge is -2.15. The van der Waals surface area contributed by atoms with Crippen LogP contribution in [0.2, 0.25) is 0 Å². The smallest absolute Gasteiger partial charge is 0.337 e. The van der Waals surface area contributed by atoms with Gasteiger partial charge in [-0.05, 0) is 19.9 Å². The van der Waals surface area contributed by atoms with Crippen LogP contribution in [0.25, 0.3) is 0 Å². The van der Waals surface area contributed by atoms with E-state index in [-0.39, 0.29) is 6.10 Å². The second-order valence-corrected chi connectivity index (χ2v) is 3.68. The van der Waals surface area contributed by atoms with Crippen LogP contribution >= 0.6 is 0 Å². The predicted octanol–water partition coefficient (Wildman–Crippen LogP) is 1.42. The monoisotopic (exact) mass is 212 g/mol. The van der Waals surface area contributed by atoms with Crippen molar-refractivity contribution in [1.82, 2.24) is 0 Å². The average molecular weight is 212 g/mol. The molecule has 0 aliphatic carbocycles. The summed E-state index contributed by atoms with van der Waals surface area (Å²) in [5.41, 5.74) is 0.392. The Balaban J connectivity index is 2.70. The predicted molar refractivity (Wildman–Crippen MR) is 55.2 cm³/mol. The second-order valence-electron chi connectivity index (χ2n) is 3.68. The van der Waals surface area contributed by atoms with E-state index >= 15 is 0 Å². The van der Waals surface area contributed by atoms with Crippen LogP contribution < -0.4 is 0 Å². The van der Waals surface area contributed by atoms with Gasteiger partial charge in [0.25, 0.3) is 0 Å². The highest BCUT2D eigenvalue weighted by atomic mass is 16.7. The molecule has 84 valence electrons. The molecule has 0 spiro atoms. The molecule has 0 amide bonds. The lowest BCUT2D eigenvalue weighted by atomic mass is 10.2. The van der Waals surface area contributed by atoms with Crippen LogP contribution in [0, 0.1) is 0 Å². The topological polar surface area (TPSA) is 44.8 Å². The van der Waals surface area contributed by atoms with Crippen molar-refractivity contribution in [1.29, 1.82) is 0 Å². The summed E-state index contributed by atoms with van der Waals surface area (Å²) in [5.74, 6) is -1.01. The molecule has 1 saturated heterocycles. The molecule has 0 aromatic rings. The summed E-state index contributed by atoms with van der Waals surface area (Å²) in [4.78, 5) is 11.2. The molecular formula is C11H16O4. The maximum absolute atomic E-state index is 11.2. The molecule has 0 aromatic heterocycles. The van der Waals surface area contributed by atoms with Gasteiger partial charge in [-0.3, -0.25) is 0 Å². The summed E-state index contributed by atoms with van der Waals surface area (Å²) in [6, 6.07) is 0. The third-order valence-corrected chi connectivity index (χ3v) is 2.04. The lowest BCUT2D eigenvalue weighted by molar-refractivity contribution is -0.137. The molecule has 0 bridgehead atoms. The molecule has 1 rings (SSSR count). The summed E-state index contributed by atoms with van der Waals surface area (Å²) >= 11 is 0. The van der Waals surface area contributed by atoms with Crippen molar-refractivity contribution in [2.45, 2.75) is 25.7 Å². The number of esters is 1. The van der Waals surface area contributed by atoms with Crippen molar-refractivity contribution in [3.63, 3.8) is 0 Å². The van der Waals surface area contributed by atoms with E-state index in [0.717, 1.165) is 0 Å². The number of ether oxygens (including phenoxy) is 3. The molecule has 1 heterocycles. The van der Waals surface area contributed by atoms with Crippen LogP contribution in [0.4, 0.5) is 0 Å². The highest BCUT2D eigenvalue weighted by Crippen LogP contribution is 2.23. The van der Waals surface area contributed by atoms with E-state index < -0.39 is 11.8 Å². The van der Waals surface area contributed by atoms with Crippen molar-refractivity contribution in [3.05, 3.63) is 24.3 Å². The number of carbonyl (C=O) groups is 1. The molecular weight excluding hydrogens is 196 g/mol. The first-order valence-corrected chi connectivity index (χ1v) is 4.73. The summed E-state index contributed by atoms with van der Waals surface area (Å²) < 4.78 is 15.5. The van der Waals surface area contributed by atoms with E-state index in [2.05, 4.69) is 11.3 Å². The van der Waals surface area contributed by atoms with Gasteiger partial charge in [-0.15, -0.1) is 0 Å². The minimum Gasteiger partial charge on any atom is -0.465 e. The lowest BCUT2D eigenvalue weighted by Crippen LogP contribution is -2.21. The molecule has 1 aliphatic rings. The maximum atomic E-state index is 11.2. The molecule has 0 radical (unpaired) electrons. The maximum Gasteiger partial charge on any atom is 0.337 e. The Kier molecular flexibility index (Phi) is 3.66. The van der Waals surface area contributed by atoms with Gasteiger partial charge >= 0.3 is 5.97 Å². The Morgan fingerprint density at radius 3 is 2.67 bits per heavy atom. The zero-order chi connectivity index (χ0) is 11.5. The third-order valence-electron chi connectivity index (χ3n) is 2.04. The Labute approximate surface area is 89.5 Å². The van der Waals surface area contributed by atoms with Crippen LogP contribution in [0.5, 0.6) is 0 Å². The van der Waals surface area contributed by atoms with Gasteiger partial charge in [0, 0.05) is 0 Å². The standard InChI is InChI=1S/C11H16O4/c1-5-8(10(12)13-4)6-9-7-14-11(2,3)15-9/h5-6,9H,1,7H2,2-4H3/b8-6+/t9-/m0/s1. The molecule has 15 heavy (non-hydrogen) atoms. The van der Waals surface area contributed by atoms with Crippen LogP contribution in [-0.4, -0.2) is 31.6 Å². The zero-order valence-electron chi connectivity index (χ0n) is 9.28. The highest BCUT2D eigenvalue weighted by molar-refractivity contribution is 5.91. The fourth-order valence-corrected chi connectivity index (χ4v) is 1.34. The van der Waals surface area contributed by atoms with E-state index in [1.54, 1.807) is 6.08 Å². The molecule has 1 aliphatic heterocycles. The molecule has 1 fully saturated rings. The first-order valence-electron chi connectivity index (χ1n) is 4.73. The summed E-state index contributed by atoms with van der Waals surface area (Å²) in [6.07, 6.45) is 2.88. The van der Waals surface area contributed by atoms with Crippen LogP contribution in [0.3, 0.4) is 0 Å². The van der Waals surface area contributed by atoms with Crippen molar-refractivity contribution in [3.8, 4) is 0 Å². The minimum absolute atomic E-state index is 0.230. The Morgan fingerprint density at radius 2 is 2.27 bits per heavy atom. The molecule has 4 nitrogen and oxygen atoms in total. The number of methoxy groups -OCH3 is 1. The van der Waals surface area contributed by atoms with Crippen molar-refractivity contribution < 1.29 is 19.0 Å². The van der Waals surface area contributed by atoms with E-state index in [4.69, 9.17) is 9.47 Å². The van der Waals surface area contributed by atoms with Gasteiger partial charge in [0.1, 0.15) is 6.10 Å². The first-order chi connectivity index (χ1) is 6.98. The second kappa shape index (κ2) is 4.59. The van der Waals surface area contributed by atoms with Crippen molar-refractivity contribution >= 4 is 5.97 Å². The fraction of sp³-hybridized carbons (Fsp3) is 0.545. The Hall–Kier alpha value is -1.13. The molecule has 0 aromatic carbocycles. The summed E-state index contributed by atoms with van der Waals surface area (Å²) in [6.45, 7) is 7.63. The number of carbonyl (C=O) groups excluding carboxylic acids is 1. The van der Waals surface area contributed by atoms with Crippen LogP contribution in [0.1, 0.15) is 13.8 Å². The number of hydrogen-bond donors (Lipinski definition) is 0. The van der Waals surface area contributed by atoms with Crippen LogP contribution in [-0.2, 0) is 19.0 Å². The van der Waals surface area contributed by atoms with Gasteiger partial charge in [0.05, 0.1) is 19.3 Å². The minimum atomic E-state index is -0.594. The Morgan fingerprint density at radius 1 is 1.60 bits per heavy atom. The van der Waals surface area contributed by atoms with Gasteiger partial charge in [0.2, 0.25) is 0 Å². The quantitative estimate of drug-likeness (QED) is 0.403. The van der Waals surface area contributed by atoms with Crippen LogP contribution in [0.15, 0.2) is 24.3 Å². The Bertz CT molecular complexity index is 291. The molecule has 1 atom stereocenters. The molecule has 4 heteroatoms. The largest absolute Gasteiger partial charge is 0.465 e. The van der Waals surface area contributed by atoms with Gasteiger partial charge < -0.3 is 14.2 Å². The SMILES string of the molecule is C=C/C(=C\[C@H]1COC(C)(C)O1)C(=O)OC. The van der Waals surface area contributed by atoms with E-state index in [1.807, 2.05) is 13.8 Å². The zero-order valence-corrected chi connectivity index (χ0v) is 9.28. The summed E-state index contributed by atoms with van der Waals surface area (Å²) in [7, 11) is 1.33. The van der Waals surface area contributed by atoms with E-state index in [0.29, 0.717) is 12.2 Å². The third kappa shape index (κ3) is 3.18. The summed E-state index contributed by atoms with van der Waals surface area (Å²) in [5, 5.41) is 0. The normalized spacial score (nSPS) is 25.0. The van der Waals surface area contributed by atoms with Gasteiger partial charge in [0.15, 0.2) is 5.79 Å². The number of rotatable bonds is 3. The molecule has 0 N–H and O–H groups in total. The average Bonchev–Trinajstić information content (AvgIpc) is 2.53. The highest BCUT2D eigenvalue weighted by Gasteiger charge is 2.31. The van der Waals surface area contributed by atoms with Gasteiger partial charge in [-0.1, -0.05) is 12.7 Å². The fourth-order valence-electron chi connectivity index (χ4n) is 1.34. The van der Waals surface area contributed by atoms with E-state index in [1.165, 1.54) is 13.2 Å². The first kappa shape index (κ1) is 11.9. The molecule has 0 unspecified atom stereocenters. The number of hydrogen-bond acceptors (Lipinski definition) is 4.